The van der Waals surface area contributed by atoms with Gasteiger partial charge < -0.3 is 76.6 Å². The minimum Gasteiger partial charge on any atom is -0.394 e. The highest BCUT2D eigenvalue weighted by molar-refractivity contribution is 6.30. The van der Waals surface area contributed by atoms with E-state index in [1.807, 2.05) is 158 Å². The third-order valence-electron chi connectivity index (χ3n) is 28.1. The summed E-state index contributed by atoms with van der Waals surface area (Å²) in [5.74, 6) is -1.31. The number of aliphatic hydroxyl groups is 3. The van der Waals surface area contributed by atoms with Gasteiger partial charge in [-0.15, -0.1) is 0 Å². The number of nitrogens with one attached hydrogen (secondary N) is 6. The molecule has 6 heterocycles. The van der Waals surface area contributed by atoms with E-state index in [1.54, 1.807) is 120 Å². The Labute approximate surface area is 879 Å². The number of aliphatic hydroxyl groups excluding tert-OH is 3. The summed E-state index contributed by atoms with van der Waals surface area (Å²) in [7, 11) is 0. The maximum Gasteiger partial charge on any atom is 0.323 e. The fraction of sp³-hybridized carbons (Fsp3) is 0.390. The predicted octanol–water partition coefficient (Wildman–Crippen LogP) is 21.3. The molecule has 3 aliphatic heterocycles. The van der Waals surface area contributed by atoms with E-state index in [4.69, 9.17) is 26.9 Å². The molecular formula is C118H143ClN18O12. The van der Waals surface area contributed by atoms with Crippen LogP contribution < -0.4 is 31.9 Å². The number of aryl methyl sites for hydroxylation is 4. The smallest absolute Gasteiger partial charge is 0.323 e. The molecule has 9 aromatic carbocycles. The number of hydrogen-bond acceptors (Lipinski definition) is 15. The molecule has 1 aliphatic carbocycles. The molecule has 3 atom stereocenters. The van der Waals surface area contributed by atoms with Crippen molar-refractivity contribution < 1.29 is 58.5 Å². The molecule has 0 bridgehead atoms. The van der Waals surface area contributed by atoms with Crippen LogP contribution in [0.5, 0.6) is 0 Å². The zero-order chi connectivity index (χ0) is 106. The van der Waals surface area contributed by atoms with Gasteiger partial charge in [0.2, 0.25) is 0 Å². The monoisotopic (exact) mass is 2040 g/mol. The Morgan fingerprint density at radius 1 is 0.349 bits per heavy atom. The SMILES string of the molecule is CCCCN(CCCC)C(=O)c1cc(C)n(-c2ccc(NC(=O)NC3CCCC3)cc2C(=O)N2Cc3ccccc3C[C@H]2CO)n1.CCCCN(CCCC)C(=O)c1cc(C)n(-c2ccc(NC(=O)Nc3ccc(Cl)cc3C)cc2C(=O)N2Cc3ccccc3C[C@H]2CO)n1.CCCCN(CCCC)C(=O)c1cc(C)n(-c2ccc(NC(=O)Nc3cccc(Cc4ccccc4)c3)cc2C(=O)N2Cc3ccccc3C[C@H]2CO)n1. The van der Waals surface area contributed by atoms with Crippen molar-refractivity contribution in [2.45, 2.75) is 241 Å². The summed E-state index contributed by atoms with van der Waals surface area (Å²) in [4.78, 5) is 135. The Morgan fingerprint density at radius 3 is 1.01 bits per heavy atom. The van der Waals surface area contributed by atoms with Crippen molar-refractivity contribution in [3.8, 4) is 17.1 Å². The Balaban J connectivity index is 0.000000177. The minimum absolute atomic E-state index is 0.119. The number of fused-ring (bicyclic) bond motifs is 3. The first-order valence-electron chi connectivity index (χ1n) is 52.8. The van der Waals surface area contributed by atoms with Crippen LogP contribution in [0.2, 0.25) is 5.02 Å². The van der Waals surface area contributed by atoms with Crippen LogP contribution in [-0.4, -0.2) is 211 Å². The molecule has 1 fully saturated rings. The number of benzene rings is 9. The summed E-state index contributed by atoms with van der Waals surface area (Å²) in [5, 5.41) is 63.5. The molecule has 30 nitrogen and oxygen atoms in total. The summed E-state index contributed by atoms with van der Waals surface area (Å²) >= 11 is 6.09. The number of carbonyl (C=O) groups excluding carboxylic acids is 9. The van der Waals surface area contributed by atoms with Gasteiger partial charge in [-0.2, -0.15) is 15.3 Å². The Morgan fingerprint density at radius 2 is 0.671 bits per heavy atom. The quantitative estimate of drug-likeness (QED) is 0.0174. The van der Waals surface area contributed by atoms with Gasteiger partial charge in [0.1, 0.15) is 0 Å². The van der Waals surface area contributed by atoms with E-state index in [0.717, 1.165) is 154 Å². The highest BCUT2D eigenvalue weighted by atomic mass is 35.5. The van der Waals surface area contributed by atoms with Crippen molar-refractivity contribution in [1.29, 1.82) is 0 Å². The molecule has 12 aromatic rings. The lowest BCUT2D eigenvalue weighted by atomic mass is 9.93. The van der Waals surface area contributed by atoms with Crippen molar-refractivity contribution in [3.63, 3.8) is 0 Å². The zero-order valence-electron chi connectivity index (χ0n) is 87.5. The molecule has 1 saturated carbocycles. The minimum atomic E-state index is -0.487. The number of rotatable bonds is 38. The predicted molar refractivity (Wildman–Crippen MR) is 586 cm³/mol. The number of anilines is 5. The highest BCUT2D eigenvalue weighted by Crippen LogP contribution is 2.36. The maximum atomic E-state index is 14.7. The summed E-state index contributed by atoms with van der Waals surface area (Å²) in [6.07, 6.45) is 17.8. The number of amides is 12. The summed E-state index contributed by atoms with van der Waals surface area (Å²) in [5.41, 5.74) is 17.3. The van der Waals surface area contributed by atoms with Crippen molar-refractivity contribution >= 4 is 93.6 Å². The lowest BCUT2D eigenvalue weighted by molar-refractivity contribution is 0.0539. The van der Waals surface area contributed by atoms with Crippen LogP contribution >= 0.6 is 11.6 Å². The van der Waals surface area contributed by atoms with Crippen LogP contribution in [0.3, 0.4) is 0 Å². The van der Waals surface area contributed by atoms with Crippen molar-refractivity contribution in [2.24, 2.45) is 0 Å². The molecular weight excluding hydrogens is 1900 g/mol. The number of hydrogen-bond donors (Lipinski definition) is 9. The molecule has 0 radical (unpaired) electrons. The van der Waals surface area contributed by atoms with Gasteiger partial charge in [0.25, 0.3) is 35.4 Å². The summed E-state index contributed by atoms with van der Waals surface area (Å²) in [6, 6.07) is 65.1. The average Bonchev–Trinajstić information content (AvgIpc) is 1.76. The van der Waals surface area contributed by atoms with Gasteiger partial charge in [-0.3, -0.25) is 28.8 Å². The number of carbonyl (C=O) groups is 9. The summed E-state index contributed by atoms with van der Waals surface area (Å²) in [6.45, 7) is 24.4. The number of halogens is 1. The van der Waals surface area contributed by atoms with E-state index in [1.165, 1.54) is 5.56 Å². The van der Waals surface area contributed by atoms with Gasteiger partial charge in [-0.25, -0.2) is 28.4 Å². The lowest BCUT2D eigenvalue weighted by Crippen LogP contribution is -2.46. The third-order valence-corrected chi connectivity index (χ3v) is 28.3. The van der Waals surface area contributed by atoms with E-state index < -0.39 is 30.2 Å². The molecule has 16 rings (SSSR count). The van der Waals surface area contributed by atoms with E-state index in [2.05, 4.69) is 85.6 Å². The number of aromatic nitrogens is 6. The van der Waals surface area contributed by atoms with Gasteiger partial charge in [-0.1, -0.05) is 220 Å². The Kier molecular flexibility index (Phi) is 39.4. The van der Waals surface area contributed by atoms with E-state index in [0.29, 0.717) is 168 Å². The first kappa shape index (κ1) is 110. The van der Waals surface area contributed by atoms with Gasteiger partial charge in [0.05, 0.1) is 71.7 Å². The van der Waals surface area contributed by atoms with Crippen LogP contribution in [0.25, 0.3) is 17.1 Å². The Bertz CT molecular complexity index is 6640. The maximum absolute atomic E-state index is 14.7. The fourth-order valence-electron chi connectivity index (χ4n) is 19.7. The molecule has 3 aromatic heterocycles. The van der Waals surface area contributed by atoms with Gasteiger partial charge in [0, 0.05) is 115 Å². The van der Waals surface area contributed by atoms with E-state index >= 15 is 0 Å². The number of unbranched alkanes of at least 4 members (excludes halogenated alkanes) is 6. The van der Waals surface area contributed by atoms with Crippen LogP contribution in [-0.2, 0) is 45.3 Å². The molecule has 12 amide bonds. The standard InChI is InChI=1S/C44H50N6O4.C38H45ClN6O4.C36H48N6O4/c1-4-6-22-48(23-7-5-2)43(53)40-24-31(3)50(47-40)41-21-20-37(28-39(41)42(52)49-29-35-18-12-11-17-34(35)27-38(49)30-51)46-44(54)45-36-19-13-16-33(26-36)25-32-14-9-8-10-15-32;1-5-7-17-43(18-8-6-2)37(48)34-20-26(4)45(42-34)35-16-14-30(40-38(49)41-33-15-13-29(39)19-25(33)3)22-32(35)36(47)44-23-28-12-10-9-11-27(28)21-31(44)24-46;1-4-6-18-40(19-7-5-2)35(45)32-20-25(3)42(39-32)33-17-16-29(38-36(46)37-28-14-10-11-15-28)22-31(33)34(44)41-23-27-13-9-8-12-26(27)21-30(41)24-43/h8-21,24,26,28,38,51H,4-7,22-23,25,27,29-30H2,1-3H3,(H2,45,46,54);9-16,19-20,22,31,46H,5-8,17-18,21,23-24H2,1-4H3,(H2,40,41,49);8-9,12-13,16-17,20,22,28,30,43H,4-7,10-11,14-15,18-19,21,23-24H2,1-3H3,(H2,37,38,46)/t38-;31-;30-/m000/s1. The molecule has 0 unspecified atom stereocenters. The van der Waals surface area contributed by atoms with E-state index in [9.17, 15) is 58.5 Å². The first-order valence-corrected chi connectivity index (χ1v) is 53.2. The number of urea groups is 3. The van der Waals surface area contributed by atoms with Gasteiger partial charge in [-0.05, 0) is 258 Å². The van der Waals surface area contributed by atoms with Crippen LogP contribution in [0.15, 0.2) is 218 Å². The largest absolute Gasteiger partial charge is 0.394 e. The van der Waals surface area contributed by atoms with Gasteiger partial charge >= 0.3 is 18.1 Å². The molecule has 4 aliphatic rings. The highest BCUT2D eigenvalue weighted by Gasteiger charge is 2.38. The lowest BCUT2D eigenvalue weighted by Gasteiger charge is -2.36. The normalized spacial score (nSPS) is 14.5. The fourth-order valence-corrected chi connectivity index (χ4v) is 19.9. The molecule has 149 heavy (non-hydrogen) atoms. The average molecular weight is 2040 g/mol. The zero-order valence-corrected chi connectivity index (χ0v) is 88.2. The molecule has 31 heteroatoms. The molecule has 9 N–H and O–H groups in total. The second-order valence-electron chi connectivity index (χ2n) is 39.2. The summed E-state index contributed by atoms with van der Waals surface area (Å²) < 4.78 is 4.89. The topological polar surface area (TPSA) is 359 Å². The van der Waals surface area contributed by atoms with Crippen molar-refractivity contribution in [1.82, 2.24) is 64.1 Å². The second kappa shape index (κ2) is 53.3. The van der Waals surface area contributed by atoms with Crippen molar-refractivity contribution in [2.75, 3.05) is 85.7 Å². The third kappa shape index (κ3) is 28.3. The molecule has 784 valence electrons. The van der Waals surface area contributed by atoms with Crippen LogP contribution in [0.1, 0.15) is 274 Å². The molecule has 0 saturated heterocycles. The van der Waals surface area contributed by atoms with Gasteiger partial charge in [0.15, 0.2) is 17.1 Å². The van der Waals surface area contributed by atoms with Crippen molar-refractivity contribution in [3.05, 3.63) is 324 Å². The Hall–Kier alpha value is -14.6. The van der Waals surface area contributed by atoms with Crippen LogP contribution in [0, 0.1) is 27.7 Å². The van der Waals surface area contributed by atoms with Crippen LogP contribution in [0.4, 0.5) is 42.8 Å². The second-order valence-corrected chi connectivity index (χ2v) is 39.7. The molecule has 0 spiro atoms. The van der Waals surface area contributed by atoms with E-state index in [-0.39, 0.29) is 78.5 Å². The first-order chi connectivity index (χ1) is 72.2. The number of nitrogens with zero attached hydrogens (tertiary/aromatic N) is 12.